The molecule has 1 aliphatic heterocycles. The molecule has 2 atom stereocenters. The molecule has 0 radical (unpaired) electrons. The summed E-state index contributed by atoms with van der Waals surface area (Å²) in [6, 6.07) is 8.15. The van der Waals surface area contributed by atoms with Gasteiger partial charge in [-0.05, 0) is 56.0 Å². The average Bonchev–Trinajstić information content (AvgIpc) is 3.55. The number of alkyl halides is 5. The highest BCUT2D eigenvalue weighted by Crippen LogP contribution is 2.40. The molecule has 1 fully saturated rings. The fraction of sp³-hybridized carbons (Fsp3) is 0.333. The Labute approximate surface area is 285 Å². The van der Waals surface area contributed by atoms with E-state index in [9.17, 15) is 31.5 Å². The Morgan fingerprint density at radius 2 is 1.82 bits per heavy atom. The van der Waals surface area contributed by atoms with Gasteiger partial charge in [-0.1, -0.05) is 30.2 Å². The number of fused-ring (bicyclic) bond motifs is 4. The van der Waals surface area contributed by atoms with Crippen LogP contribution in [0.15, 0.2) is 66.0 Å². The van der Waals surface area contributed by atoms with E-state index in [2.05, 4.69) is 25.7 Å². The topological polar surface area (TPSA) is 122 Å². The Morgan fingerprint density at radius 3 is 2.54 bits per heavy atom. The molecular formula is C33H28ClF5N8O3. The van der Waals surface area contributed by atoms with Gasteiger partial charge in [0.05, 0.1) is 53.5 Å². The normalized spacial score (nSPS) is 18.3. The standard InChI is InChI=1S/C33H28ClF5N8O3/c1-17-3-2-4-26(23-11-18(9-10-40-23)30-24(42-31(17)49)14-41-47(30)32(35)36)45-15-27(50-20-6-7-20)22(13-29(45)48)21-12-19(34)5-8-25(21)46-16-28(43-44-46)33(37,38)39/h5,8-17,20,26,32H,2-4,6-7H2,1H3,(H,42,49). The number of rotatable bonds is 6. The van der Waals surface area contributed by atoms with Crippen LogP contribution in [0.1, 0.15) is 63.0 Å². The first kappa shape index (κ1) is 33.4. The van der Waals surface area contributed by atoms with Crippen LogP contribution in [-0.2, 0) is 11.0 Å². The number of hydrogen-bond acceptors (Lipinski definition) is 7. The maximum atomic E-state index is 14.1. The summed E-state index contributed by atoms with van der Waals surface area (Å²) in [5.74, 6) is -0.590. The molecule has 2 unspecified atom stereocenters. The Balaban J connectivity index is 1.37. The van der Waals surface area contributed by atoms with Gasteiger partial charge in [0.1, 0.15) is 5.75 Å². The number of ether oxygens (including phenoxy) is 1. The number of aromatic nitrogens is 7. The fourth-order valence-corrected chi connectivity index (χ4v) is 6.15. The minimum absolute atomic E-state index is 0.0146. The first-order valence-corrected chi connectivity index (χ1v) is 16.1. The minimum Gasteiger partial charge on any atom is -0.488 e. The van der Waals surface area contributed by atoms with Gasteiger partial charge in [-0.2, -0.15) is 27.1 Å². The number of pyridine rings is 2. The summed E-state index contributed by atoms with van der Waals surface area (Å²) in [7, 11) is 0. The second-order valence-corrected chi connectivity index (χ2v) is 12.7. The Morgan fingerprint density at radius 1 is 1.02 bits per heavy atom. The summed E-state index contributed by atoms with van der Waals surface area (Å²) >= 11 is 6.36. The van der Waals surface area contributed by atoms with E-state index in [0.717, 1.165) is 23.7 Å². The fourth-order valence-electron chi connectivity index (χ4n) is 5.98. The molecule has 5 aromatic rings. The lowest BCUT2D eigenvalue weighted by Gasteiger charge is -2.24. The van der Waals surface area contributed by atoms with Crippen molar-refractivity contribution in [2.45, 2.75) is 63.9 Å². The van der Waals surface area contributed by atoms with Gasteiger partial charge >= 0.3 is 12.7 Å². The molecule has 1 N–H and O–H groups in total. The zero-order valence-corrected chi connectivity index (χ0v) is 27.0. The molecule has 50 heavy (non-hydrogen) atoms. The van der Waals surface area contributed by atoms with Gasteiger partial charge in [-0.25, -0.2) is 9.36 Å². The molecule has 1 aliphatic carbocycles. The molecule has 0 spiro atoms. The van der Waals surface area contributed by atoms with E-state index in [0.29, 0.717) is 35.2 Å². The number of benzene rings is 1. The van der Waals surface area contributed by atoms with E-state index >= 15 is 0 Å². The third kappa shape index (κ3) is 6.58. The van der Waals surface area contributed by atoms with Crippen molar-refractivity contribution in [3.8, 4) is 33.8 Å². The third-order valence-electron chi connectivity index (χ3n) is 8.67. The van der Waals surface area contributed by atoms with E-state index in [1.54, 1.807) is 13.0 Å². The van der Waals surface area contributed by atoms with E-state index in [4.69, 9.17) is 16.3 Å². The SMILES string of the molecule is CC1CCCC(n2cc(OC3CC3)c(-c3cc(Cl)ccc3-n3cc(C(F)(F)F)nn3)cc2=O)c2cc(ccn2)-c2c(cnn2C(F)F)NC1=O. The zero-order valence-electron chi connectivity index (χ0n) is 26.2. The number of hydrogen-bond donors (Lipinski definition) is 1. The quantitative estimate of drug-likeness (QED) is 0.183. The van der Waals surface area contributed by atoms with Crippen LogP contribution in [0.4, 0.5) is 27.6 Å². The largest absolute Gasteiger partial charge is 0.488 e. The minimum atomic E-state index is -4.73. The lowest BCUT2D eigenvalue weighted by atomic mass is 9.96. The molecule has 260 valence electrons. The monoisotopic (exact) mass is 714 g/mol. The van der Waals surface area contributed by atoms with Gasteiger partial charge in [0.25, 0.3) is 5.56 Å². The number of nitrogens with zero attached hydrogens (tertiary/aromatic N) is 7. The number of carbonyl (C=O) groups excluding carboxylic acids is 1. The van der Waals surface area contributed by atoms with Crippen LogP contribution in [0.25, 0.3) is 28.1 Å². The van der Waals surface area contributed by atoms with Gasteiger partial charge in [0, 0.05) is 39.9 Å². The molecule has 4 aromatic heterocycles. The number of nitrogens with one attached hydrogen (secondary N) is 1. The van der Waals surface area contributed by atoms with Crippen molar-refractivity contribution in [2.75, 3.05) is 5.32 Å². The average molecular weight is 715 g/mol. The summed E-state index contributed by atoms with van der Waals surface area (Å²) in [4.78, 5) is 31.7. The van der Waals surface area contributed by atoms with Crippen molar-refractivity contribution in [2.24, 2.45) is 5.92 Å². The van der Waals surface area contributed by atoms with E-state index in [1.165, 1.54) is 53.5 Å². The van der Waals surface area contributed by atoms with Gasteiger partial charge in [-0.15, -0.1) is 5.10 Å². The summed E-state index contributed by atoms with van der Waals surface area (Å²) in [6.45, 7) is -1.28. The molecule has 17 heteroatoms. The molecule has 2 bridgehead atoms. The van der Waals surface area contributed by atoms with Crippen LogP contribution < -0.4 is 15.6 Å². The summed E-state index contributed by atoms with van der Waals surface area (Å²) in [6.07, 6.45) is 2.76. The van der Waals surface area contributed by atoms with Crippen molar-refractivity contribution in [1.29, 1.82) is 0 Å². The van der Waals surface area contributed by atoms with Crippen LogP contribution in [-0.4, -0.2) is 46.3 Å². The lowest BCUT2D eigenvalue weighted by Crippen LogP contribution is -2.27. The van der Waals surface area contributed by atoms with Crippen LogP contribution in [0, 0.1) is 5.92 Å². The van der Waals surface area contributed by atoms with Gasteiger partial charge < -0.3 is 14.6 Å². The van der Waals surface area contributed by atoms with Crippen LogP contribution >= 0.6 is 11.6 Å². The Bertz CT molecular complexity index is 2140. The third-order valence-corrected chi connectivity index (χ3v) is 8.91. The van der Waals surface area contributed by atoms with E-state index < -0.39 is 35.9 Å². The molecule has 5 heterocycles. The molecule has 1 amide bonds. The zero-order chi connectivity index (χ0) is 35.3. The molecule has 1 saturated carbocycles. The van der Waals surface area contributed by atoms with E-state index in [1.807, 2.05) is 0 Å². The smallest absolute Gasteiger partial charge is 0.436 e. The predicted molar refractivity (Wildman–Crippen MR) is 171 cm³/mol. The highest BCUT2D eigenvalue weighted by Gasteiger charge is 2.35. The van der Waals surface area contributed by atoms with Crippen molar-refractivity contribution >= 4 is 23.2 Å². The molecule has 0 saturated heterocycles. The van der Waals surface area contributed by atoms with Gasteiger partial charge in [-0.3, -0.25) is 14.6 Å². The van der Waals surface area contributed by atoms with Crippen molar-refractivity contribution in [3.05, 3.63) is 87.9 Å². The summed E-state index contributed by atoms with van der Waals surface area (Å²) in [5, 5.41) is 13.7. The highest BCUT2D eigenvalue weighted by atomic mass is 35.5. The number of amides is 1. The molecule has 7 rings (SSSR count). The number of anilines is 1. The number of carbonyl (C=O) groups is 1. The first-order valence-electron chi connectivity index (χ1n) is 15.7. The van der Waals surface area contributed by atoms with Crippen molar-refractivity contribution < 1.29 is 31.5 Å². The molecular weight excluding hydrogens is 687 g/mol. The second kappa shape index (κ2) is 13.0. The number of halogens is 6. The van der Waals surface area contributed by atoms with Gasteiger partial charge in [0.15, 0.2) is 5.69 Å². The van der Waals surface area contributed by atoms with Crippen molar-refractivity contribution in [1.82, 2.24) is 34.3 Å². The molecule has 2 aliphatic rings. The first-order chi connectivity index (χ1) is 23.9. The van der Waals surface area contributed by atoms with Crippen molar-refractivity contribution in [3.63, 3.8) is 0 Å². The molecule has 1 aromatic carbocycles. The Hall–Kier alpha value is -5.12. The Kier molecular flexibility index (Phi) is 8.66. The predicted octanol–water partition coefficient (Wildman–Crippen LogP) is 7.31. The van der Waals surface area contributed by atoms with Gasteiger partial charge in [0.2, 0.25) is 5.91 Å². The maximum Gasteiger partial charge on any atom is 0.436 e. The maximum absolute atomic E-state index is 14.1. The van der Waals surface area contributed by atoms with Crippen LogP contribution in [0.3, 0.4) is 0 Å². The molecule has 11 nitrogen and oxygen atoms in total. The van der Waals surface area contributed by atoms with Crippen LogP contribution in [0.5, 0.6) is 5.75 Å². The van der Waals surface area contributed by atoms with Crippen LogP contribution in [0.2, 0.25) is 5.02 Å². The van der Waals surface area contributed by atoms with E-state index in [-0.39, 0.29) is 51.0 Å². The second-order valence-electron chi connectivity index (χ2n) is 12.3. The lowest BCUT2D eigenvalue weighted by molar-refractivity contribution is -0.141. The highest BCUT2D eigenvalue weighted by molar-refractivity contribution is 6.31. The summed E-state index contributed by atoms with van der Waals surface area (Å²) < 4.78 is 77.6. The summed E-state index contributed by atoms with van der Waals surface area (Å²) in [5.41, 5.74) is -0.178.